The highest BCUT2D eigenvalue weighted by Gasteiger charge is 2.45. The van der Waals surface area contributed by atoms with Crippen LogP contribution in [0.1, 0.15) is 38.7 Å². The van der Waals surface area contributed by atoms with Crippen molar-refractivity contribution in [3.05, 3.63) is 48.6 Å². The largest absolute Gasteiger partial charge is 0.480 e. The van der Waals surface area contributed by atoms with Crippen molar-refractivity contribution in [3.8, 4) is 0 Å². The first-order chi connectivity index (χ1) is 15.7. The Balaban J connectivity index is 1.94. The number of aliphatic carboxylic acids is 1. The molecule has 3 rings (SSSR count). The van der Waals surface area contributed by atoms with Gasteiger partial charge < -0.3 is 19.8 Å². The van der Waals surface area contributed by atoms with Crippen molar-refractivity contribution in [2.24, 2.45) is 5.92 Å². The van der Waals surface area contributed by atoms with Crippen LogP contribution in [0.2, 0.25) is 0 Å². The standard InChI is InChI=1S/C25H33N3O5/c1-4-22(29)26-13-14-28(23(30)20(26)15-17(2)3)21(16-18-9-6-5-7-10-18)24(31)27-12-8-11-19(27)25(32)33/h4-7,9-10,17,19-21H,1,8,11-16H2,2-3H3,(H,32,33)/t19-,20-,21-/m0/s1. The molecule has 3 amide bonds. The van der Waals surface area contributed by atoms with Crippen LogP contribution in [0.3, 0.4) is 0 Å². The lowest BCUT2D eigenvalue weighted by Crippen LogP contribution is -2.64. The van der Waals surface area contributed by atoms with Gasteiger partial charge >= 0.3 is 5.97 Å². The summed E-state index contributed by atoms with van der Waals surface area (Å²) >= 11 is 0. The van der Waals surface area contributed by atoms with E-state index < -0.39 is 24.1 Å². The molecule has 2 saturated heterocycles. The molecular weight excluding hydrogens is 422 g/mol. The van der Waals surface area contributed by atoms with Crippen molar-refractivity contribution in [1.82, 2.24) is 14.7 Å². The first-order valence-corrected chi connectivity index (χ1v) is 11.5. The van der Waals surface area contributed by atoms with Crippen molar-refractivity contribution in [2.45, 2.75) is 57.7 Å². The van der Waals surface area contributed by atoms with Crippen LogP contribution in [0.4, 0.5) is 0 Å². The molecule has 33 heavy (non-hydrogen) atoms. The summed E-state index contributed by atoms with van der Waals surface area (Å²) in [4.78, 5) is 56.0. The molecule has 2 aliphatic heterocycles. The number of hydrogen-bond donors (Lipinski definition) is 1. The summed E-state index contributed by atoms with van der Waals surface area (Å²) in [6, 6.07) is 7.04. The summed E-state index contributed by atoms with van der Waals surface area (Å²) in [6.45, 7) is 8.40. The Morgan fingerprint density at radius 3 is 2.42 bits per heavy atom. The molecule has 0 radical (unpaired) electrons. The van der Waals surface area contributed by atoms with Gasteiger partial charge in [-0.05, 0) is 36.8 Å². The topological polar surface area (TPSA) is 98.2 Å². The normalized spacial score (nSPS) is 21.9. The molecule has 8 heteroatoms. The number of hydrogen-bond acceptors (Lipinski definition) is 4. The second-order valence-electron chi connectivity index (χ2n) is 9.15. The molecule has 2 heterocycles. The number of rotatable bonds is 8. The zero-order valence-electron chi connectivity index (χ0n) is 19.4. The molecule has 1 N–H and O–H groups in total. The minimum Gasteiger partial charge on any atom is -0.480 e. The number of carbonyl (C=O) groups is 4. The number of likely N-dealkylation sites (tertiary alicyclic amines) is 1. The van der Waals surface area contributed by atoms with Gasteiger partial charge in [-0.2, -0.15) is 0 Å². The number of piperazine rings is 1. The minimum atomic E-state index is -1.02. The van der Waals surface area contributed by atoms with Gasteiger partial charge in [-0.1, -0.05) is 50.8 Å². The maximum atomic E-state index is 13.7. The fourth-order valence-corrected chi connectivity index (χ4v) is 4.82. The van der Waals surface area contributed by atoms with Gasteiger partial charge in [-0.3, -0.25) is 14.4 Å². The predicted molar refractivity (Wildman–Crippen MR) is 123 cm³/mol. The molecule has 0 unspecified atom stereocenters. The van der Waals surface area contributed by atoms with Crippen LogP contribution in [0, 0.1) is 5.92 Å². The van der Waals surface area contributed by atoms with E-state index in [4.69, 9.17) is 0 Å². The smallest absolute Gasteiger partial charge is 0.326 e. The second-order valence-corrected chi connectivity index (χ2v) is 9.15. The Morgan fingerprint density at radius 1 is 1.12 bits per heavy atom. The summed E-state index contributed by atoms with van der Waals surface area (Å²) < 4.78 is 0. The molecule has 3 atom stereocenters. The summed E-state index contributed by atoms with van der Waals surface area (Å²) in [6.07, 6.45) is 3.00. The quantitative estimate of drug-likeness (QED) is 0.604. The number of carboxylic acids is 1. The van der Waals surface area contributed by atoms with Gasteiger partial charge in [-0.15, -0.1) is 0 Å². The van der Waals surface area contributed by atoms with Gasteiger partial charge in [0.2, 0.25) is 17.7 Å². The molecule has 2 fully saturated rings. The first-order valence-electron chi connectivity index (χ1n) is 11.5. The Morgan fingerprint density at radius 2 is 1.82 bits per heavy atom. The van der Waals surface area contributed by atoms with Gasteiger partial charge in [0, 0.05) is 26.1 Å². The average molecular weight is 456 g/mol. The molecule has 0 aliphatic carbocycles. The number of nitrogens with zero attached hydrogens (tertiary/aromatic N) is 3. The van der Waals surface area contributed by atoms with E-state index in [1.165, 1.54) is 15.9 Å². The van der Waals surface area contributed by atoms with E-state index in [2.05, 4.69) is 6.58 Å². The van der Waals surface area contributed by atoms with Crippen LogP contribution < -0.4 is 0 Å². The van der Waals surface area contributed by atoms with Crippen LogP contribution in [0.25, 0.3) is 0 Å². The summed E-state index contributed by atoms with van der Waals surface area (Å²) in [5, 5.41) is 9.60. The van der Waals surface area contributed by atoms with Crippen LogP contribution in [-0.2, 0) is 25.6 Å². The van der Waals surface area contributed by atoms with E-state index in [9.17, 15) is 24.3 Å². The molecule has 0 aromatic heterocycles. The SMILES string of the molecule is C=CC(=O)N1CCN([C@@H](Cc2ccccc2)C(=O)N2CCC[C@H]2C(=O)O)C(=O)[C@@H]1CC(C)C. The Hall–Kier alpha value is -3.16. The molecular formula is C25H33N3O5. The van der Waals surface area contributed by atoms with E-state index in [1.807, 2.05) is 44.2 Å². The maximum Gasteiger partial charge on any atom is 0.326 e. The molecule has 0 spiro atoms. The van der Waals surface area contributed by atoms with Gasteiger partial charge in [0.1, 0.15) is 18.1 Å². The van der Waals surface area contributed by atoms with E-state index in [-0.39, 0.29) is 36.6 Å². The molecule has 1 aromatic rings. The zero-order chi connectivity index (χ0) is 24.1. The van der Waals surface area contributed by atoms with Gasteiger partial charge in [-0.25, -0.2) is 4.79 Å². The Kier molecular flexibility index (Phi) is 7.89. The van der Waals surface area contributed by atoms with E-state index >= 15 is 0 Å². The molecule has 8 nitrogen and oxygen atoms in total. The van der Waals surface area contributed by atoms with Crippen molar-refractivity contribution >= 4 is 23.7 Å². The maximum absolute atomic E-state index is 13.7. The number of amides is 3. The van der Waals surface area contributed by atoms with Crippen molar-refractivity contribution in [1.29, 1.82) is 0 Å². The average Bonchev–Trinajstić information content (AvgIpc) is 3.29. The van der Waals surface area contributed by atoms with E-state index in [0.29, 0.717) is 32.4 Å². The highest BCUT2D eigenvalue weighted by molar-refractivity contribution is 5.96. The lowest BCUT2D eigenvalue weighted by Gasteiger charge is -2.44. The number of carboxylic acid groups (broad SMARTS) is 1. The van der Waals surface area contributed by atoms with E-state index in [0.717, 1.165) is 5.56 Å². The van der Waals surface area contributed by atoms with Crippen molar-refractivity contribution < 1.29 is 24.3 Å². The fraction of sp³-hybridized carbons (Fsp3) is 0.520. The highest BCUT2D eigenvalue weighted by Crippen LogP contribution is 2.26. The van der Waals surface area contributed by atoms with Crippen LogP contribution >= 0.6 is 0 Å². The molecule has 0 bridgehead atoms. The van der Waals surface area contributed by atoms with E-state index in [1.54, 1.807) is 4.90 Å². The lowest BCUT2D eigenvalue weighted by molar-refractivity contribution is -0.159. The predicted octanol–water partition coefficient (Wildman–Crippen LogP) is 1.94. The minimum absolute atomic E-state index is 0.164. The number of benzene rings is 1. The summed E-state index contributed by atoms with van der Waals surface area (Å²) in [5.41, 5.74) is 0.889. The third kappa shape index (κ3) is 5.43. The Bertz CT molecular complexity index is 901. The van der Waals surface area contributed by atoms with Crippen LogP contribution in [0.15, 0.2) is 43.0 Å². The third-order valence-electron chi connectivity index (χ3n) is 6.43. The van der Waals surface area contributed by atoms with Gasteiger partial charge in [0.25, 0.3) is 0 Å². The zero-order valence-corrected chi connectivity index (χ0v) is 19.4. The van der Waals surface area contributed by atoms with Gasteiger partial charge in [0.05, 0.1) is 0 Å². The molecule has 0 saturated carbocycles. The van der Waals surface area contributed by atoms with Crippen LogP contribution in [0.5, 0.6) is 0 Å². The second kappa shape index (κ2) is 10.6. The van der Waals surface area contributed by atoms with Gasteiger partial charge in [0.15, 0.2) is 0 Å². The molecule has 178 valence electrons. The van der Waals surface area contributed by atoms with Crippen LogP contribution in [-0.4, -0.2) is 81.3 Å². The third-order valence-corrected chi connectivity index (χ3v) is 6.43. The lowest BCUT2D eigenvalue weighted by atomic mass is 9.95. The highest BCUT2D eigenvalue weighted by atomic mass is 16.4. The summed E-state index contributed by atoms with van der Waals surface area (Å²) in [7, 11) is 0. The first kappa shape index (κ1) is 24.5. The number of carbonyl (C=O) groups excluding carboxylic acids is 3. The molecule has 1 aromatic carbocycles. The monoisotopic (exact) mass is 455 g/mol. The van der Waals surface area contributed by atoms with Crippen molar-refractivity contribution in [3.63, 3.8) is 0 Å². The summed E-state index contributed by atoms with van der Waals surface area (Å²) in [5.74, 6) is -1.78. The molecule has 2 aliphatic rings. The fourth-order valence-electron chi connectivity index (χ4n) is 4.82. The van der Waals surface area contributed by atoms with Crippen molar-refractivity contribution in [2.75, 3.05) is 19.6 Å². The Labute approximate surface area is 194 Å².